The summed E-state index contributed by atoms with van der Waals surface area (Å²) < 4.78 is 41.2. The Morgan fingerprint density at radius 2 is 1.98 bits per heavy atom. The molecule has 0 bridgehead atoms. The molecule has 0 unspecified atom stereocenters. The van der Waals surface area contributed by atoms with E-state index in [0.29, 0.717) is 35.3 Å². The van der Waals surface area contributed by atoms with Crippen LogP contribution in [0.1, 0.15) is 31.5 Å². The summed E-state index contributed by atoms with van der Waals surface area (Å²) in [6.07, 6.45) is -1.52. The van der Waals surface area contributed by atoms with Gasteiger partial charge in [-0.05, 0) is 51.6 Å². The standard InChI is InChI=1S/C25H32N8O10S2/c1-24(2)25(22(37)33(24)43-45(38,39)40)10-17(25)31-20(34)18(15-12-44-23(27)30-15)32-42-16(21(35)36)11-41-14-6-4-13(5-7-14)19(26)29-9-8-28-3/h4-7,12,16-17,28H,8-11H2,1-3H3,(H2,26,29)(H2,27,30)(H,31,34)(H,35,36)(H,38,39,40)/b32-18-/t16-,17-,25-/m0/s1. The first-order chi connectivity index (χ1) is 21.1. The summed E-state index contributed by atoms with van der Waals surface area (Å²) in [7, 11) is -3.16. The molecule has 2 aliphatic rings. The van der Waals surface area contributed by atoms with Crippen molar-refractivity contribution in [1.29, 1.82) is 0 Å². The maximum absolute atomic E-state index is 13.3. The number of hydrogen-bond donors (Lipinski definition) is 6. The number of aliphatic imine (C=N–C) groups is 1. The van der Waals surface area contributed by atoms with Crippen LogP contribution in [0.3, 0.4) is 0 Å². The molecular weight excluding hydrogens is 636 g/mol. The number of carboxylic acid groups (broad SMARTS) is 1. The van der Waals surface area contributed by atoms with E-state index in [9.17, 15) is 27.9 Å². The molecule has 2 fully saturated rings. The zero-order chi connectivity index (χ0) is 33.2. The first kappa shape index (κ1) is 33.5. The predicted molar refractivity (Wildman–Crippen MR) is 160 cm³/mol. The lowest BCUT2D eigenvalue weighted by Crippen LogP contribution is -2.71. The number of benzene rings is 1. The van der Waals surface area contributed by atoms with Gasteiger partial charge in [-0.1, -0.05) is 5.16 Å². The highest BCUT2D eigenvalue weighted by atomic mass is 32.3. The van der Waals surface area contributed by atoms with E-state index in [4.69, 9.17) is 25.6 Å². The fraction of sp³-hybridized carbons (Fsp3) is 0.440. The second kappa shape index (κ2) is 12.9. The third-order valence-corrected chi connectivity index (χ3v) is 8.33. The Kier molecular flexibility index (Phi) is 9.63. The van der Waals surface area contributed by atoms with Crippen LogP contribution in [-0.4, -0.2) is 102 Å². The highest BCUT2D eigenvalue weighted by Gasteiger charge is 2.81. The van der Waals surface area contributed by atoms with E-state index in [-0.39, 0.29) is 17.2 Å². The fourth-order valence-corrected chi connectivity index (χ4v) is 5.75. The molecule has 2 amide bonds. The number of likely N-dealkylation sites (N-methyl/N-ethyl adjacent to an activating group) is 1. The van der Waals surface area contributed by atoms with Gasteiger partial charge in [-0.2, -0.15) is 13.5 Å². The van der Waals surface area contributed by atoms with Crippen molar-refractivity contribution in [2.45, 2.75) is 38.0 Å². The summed E-state index contributed by atoms with van der Waals surface area (Å²) in [6, 6.07) is 5.69. The van der Waals surface area contributed by atoms with Crippen molar-refractivity contribution in [3.63, 3.8) is 0 Å². The minimum absolute atomic E-state index is 0.0187. The van der Waals surface area contributed by atoms with E-state index >= 15 is 0 Å². The van der Waals surface area contributed by atoms with E-state index in [1.165, 1.54) is 19.2 Å². The van der Waals surface area contributed by atoms with Gasteiger partial charge in [0.2, 0.25) is 0 Å². The maximum atomic E-state index is 13.3. The van der Waals surface area contributed by atoms with Gasteiger partial charge in [0.25, 0.3) is 17.9 Å². The molecule has 1 aliphatic carbocycles. The number of nitrogens with one attached hydrogen (secondary N) is 2. The molecule has 244 valence electrons. The van der Waals surface area contributed by atoms with Crippen molar-refractivity contribution in [2.75, 3.05) is 32.5 Å². The SMILES string of the molecule is CNCCN=C(N)c1ccc(OC[C@H](O/N=C(\C(=O)N[C@H]2C[C@@]23C(=O)N(OS(=O)(=O)O)C3(C)C)c2csc(N)n2)C(=O)O)cc1. The summed E-state index contributed by atoms with van der Waals surface area (Å²) in [5, 5.41) is 21.1. The number of nitrogens with two attached hydrogens (primary N) is 2. The number of carboxylic acids is 1. The van der Waals surface area contributed by atoms with Crippen molar-refractivity contribution in [3.8, 4) is 5.75 Å². The van der Waals surface area contributed by atoms with Crippen molar-refractivity contribution in [1.82, 2.24) is 20.7 Å². The van der Waals surface area contributed by atoms with E-state index in [2.05, 4.69) is 30.0 Å². The number of aliphatic carboxylic acids is 1. The molecule has 2 heterocycles. The number of amidine groups is 1. The summed E-state index contributed by atoms with van der Waals surface area (Å²) in [5.74, 6) is -2.42. The minimum atomic E-state index is -4.96. The Bertz CT molecular complexity index is 1630. The Morgan fingerprint density at radius 1 is 1.29 bits per heavy atom. The summed E-state index contributed by atoms with van der Waals surface area (Å²) in [6.45, 7) is 3.67. The predicted octanol–water partition coefficient (Wildman–Crippen LogP) is -0.867. The van der Waals surface area contributed by atoms with Crippen LogP contribution in [-0.2, 0) is 33.9 Å². The molecule has 3 atom stereocenters. The van der Waals surface area contributed by atoms with Crippen LogP contribution in [0.2, 0.25) is 0 Å². The molecule has 20 heteroatoms. The molecule has 18 nitrogen and oxygen atoms in total. The van der Waals surface area contributed by atoms with Gasteiger partial charge >= 0.3 is 16.4 Å². The quantitative estimate of drug-likeness (QED) is 0.0336. The molecule has 0 radical (unpaired) electrons. The number of carbonyl (C=O) groups is 3. The van der Waals surface area contributed by atoms with Crippen LogP contribution < -0.4 is 26.8 Å². The van der Waals surface area contributed by atoms with Gasteiger partial charge < -0.3 is 36.8 Å². The molecule has 45 heavy (non-hydrogen) atoms. The number of carbonyl (C=O) groups excluding carboxylic acids is 2. The summed E-state index contributed by atoms with van der Waals surface area (Å²) in [4.78, 5) is 51.4. The van der Waals surface area contributed by atoms with Crippen molar-refractivity contribution in [3.05, 3.63) is 40.9 Å². The first-order valence-corrected chi connectivity index (χ1v) is 15.5. The molecule has 4 rings (SSSR count). The molecule has 2 aromatic rings. The average Bonchev–Trinajstić information content (AvgIpc) is 3.57. The zero-order valence-corrected chi connectivity index (χ0v) is 25.9. The van der Waals surface area contributed by atoms with E-state index in [1.54, 1.807) is 31.3 Å². The monoisotopic (exact) mass is 668 g/mol. The van der Waals surface area contributed by atoms with E-state index in [0.717, 1.165) is 11.3 Å². The minimum Gasteiger partial charge on any atom is -0.489 e. The molecule has 1 aliphatic heterocycles. The van der Waals surface area contributed by atoms with Gasteiger partial charge in [0.1, 0.15) is 23.9 Å². The molecular formula is C25H32N8O10S2. The third kappa shape index (κ3) is 7.14. The largest absolute Gasteiger partial charge is 0.489 e. The zero-order valence-electron chi connectivity index (χ0n) is 24.3. The molecule has 8 N–H and O–H groups in total. The number of oxime groups is 1. The van der Waals surface area contributed by atoms with E-state index < -0.39 is 63.6 Å². The number of anilines is 1. The lowest BCUT2D eigenvalue weighted by molar-refractivity contribution is -0.236. The second-order valence-corrected chi connectivity index (χ2v) is 12.4. The Labute approximate surface area is 261 Å². The topological polar surface area (TPSA) is 270 Å². The fourth-order valence-electron chi connectivity index (χ4n) is 4.76. The number of ether oxygens (including phenoxy) is 1. The van der Waals surface area contributed by atoms with E-state index in [1.807, 2.05) is 0 Å². The molecule has 1 saturated carbocycles. The molecule has 1 aromatic carbocycles. The second-order valence-electron chi connectivity index (χ2n) is 10.5. The summed E-state index contributed by atoms with van der Waals surface area (Å²) >= 11 is 0.993. The van der Waals surface area contributed by atoms with Gasteiger partial charge in [0.15, 0.2) is 10.8 Å². The Hall–Kier alpha value is -4.37. The smallest absolute Gasteiger partial charge is 0.418 e. The van der Waals surface area contributed by atoms with Crippen LogP contribution in [0.15, 0.2) is 39.8 Å². The van der Waals surface area contributed by atoms with Crippen molar-refractivity contribution >= 4 is 56.2 Å². The van der Waals surface area contributed by atoms with Gasteiger partial charge in [0, 0.05) is 23.5 Å². The molecule has 1 spiro atoms. The number of hydrogen-bond acceptors (Lipinski definition) is 14. The number of nitrogens with zero attached hydrogens (tertiary/aromatic N) is 4. The van der Waals surface area contributed by atoms with Gasteiger partial charge in [0.05, 0.1) is 17.5 Å². The highest BCUT2D eigenvalue weighted by Crippen LogP contribution is 2.64. The Balaban J connectivity index is 1.44. The average molecular weight is 669 g/mol. The van der Waals surface area contributed by atoms with Crippen LogP contribution >= 0.6 is 11.3 Å². The van der Waals surface area contributed by atoms with Gasteiger partial charge in [-0.15, -0.1) is 15.6 Å². The maximum Gasteiger partial charge on any atom is 0.418 e. The molecule has 1 saturated heterocycles. The number of nitrogen functional groups attached to an aromatic ring is 1. The number of aromatic nitrogens is 1. The Morgan fingerprint density at radius 3 is 2.53 bits per heavy atom. The number of amides is 2. The number of thiazole rings is 1. The third-order valence-electron chi connectivity index (χ3n) is 7.32. The highest BCUT2D eigenvalue weighted by molar-refractivity contribution is 7.80. The normalized spacial score (nSPS) is 21.6. The lowest BCUT2D eigenvalue weighted by Gasteiger charge is -2.52. The number of rotatable bonds is 15. The number of β-lactam (4-membered cyclic amide) rings is 1. The van der Waals surface area contributed by atoms with Crippen LogP contribution in [0.25, 0.3) is 0 Å². The van der Waals surface area contributed by atoms with Crippen LogP contribution in [0, 0.1) is 5.41 Å². The van der Waals surface area contributed by atoms with Gasteiger partial charge in [-0.25, -0.2) is 9.78 Å². The van der Waals surface area contributed by atoms with Crippen LogP contribution in [0.4, 0.5) is 5.13 Å². The number of hydroxylamine groups is 2. The van der Waals surface area contributed by atoms with Crippen molar-refractivity contribution < 1.29 is 46.3 Å². The van der Waals surface area contributed by atoms with Gasteiger partial charge in [-0.3, -0.25) is 19.1 Å². The first-order valence-electron chi connectivity index (χ1n) is 13.3. The molecule has 1 aromatic heterocycles. The van der Waals surface area contributed by atoms with Crippen molar-refractivity contribution in [2.24, 2.45) is 21.3 Å². The lowest BCUT2D eigenvalue weighted by atomic mass is 9.74. The summed E-state index contributed by atoms with van der Waals surface area (Å²) in [5.41, 5.74) is 9.45. The van der Waals surface area contributed by atoms with Crippen LogP contribution in [0.5, 0.6) is 5.75 Å².